The van der Waals surface area contributed by atoms with Crippen molar-refractivity contribution in [1.29, 1.82) is 0 Å². The van der Waals surface area contributed by atoms with Gasteiger partial charge in [0, 0.05) is 28.3 Å². The first kappa shape index (κ1) is 65.8. The van der Waals surface area contributed by atoms with Crippen LogP contribution in [0.2, 0.25) is 5.02 Å². The second kappa shape index (κ2) is 37.0. The quantitative estimate of drug-likeness (QED) is 0.0256. The standard InChI is InChI=1S/C70H92ClN5O6S/c1-6-9-11-13-15-17-19-20-22-23-25-27-30-37-54-38-34-44-59(49-54)81-62(8-3)68(79)73-57-42-35-41-56(50-57)67(78)74-66-65(69(82-70(80)55-39-31-29-32-40-55)76(75-66)64-53(5)47-52(4)48-61(64)71)83-60-45-36-43-58(51-60)72-63(77)46-33-28-26-24-21-18-16-14-12-10-7-2/h29,31-32,34-36,38-45,47-51,62H,6-28,30,33,37,46H2,1-5H3,(H,72,77)(H,73,79)(H,74,75,78). The number of carbonyl (C=O) groups is 4. The average Bonchev–Trinajstić information content (AvgIpc) is 4.07. The van der Waals surface area contributed by atoms with E-state index in [2.05, 4.69) is 35.9 Å². The summed E-state index contributed by atoms with van der Waals surface area (Å²) >= 11 is 8.21. The van der Waals surface area contributed by atoms with Crippen LogP contribution in [-0.2, 0) is 16.0 Å². The molecule has 6 rings (SSSR count). The number of amides is 3. The molecule has 0 radical (unpaired) electrons. The van der Waals surface area contributed by atoms with Crippen molar-refractivity contribution in [1.82, 2.24) is 9.78 Å². The Kier molecular flexibility index (Phi) is 29.4. The average molecular weight is 1170 g/mol. The van der Waals surface area contributed by atoms with Gasteiger partial charge in [0.1, 0.15) is 10.6 Å². The number of halogens is 1. The number of nitrogens with zero attached hydrogens (tertiary/aromatic N) is 2. The molecular formula is C70H92ClN5O6S. The Hall–Kier alpha value is -6.37. The third-order valence-electron chi connectivity index (χ3n) is 15.0. The highest BCUT2D eigenvalue weighted by Crippen LogP contribution is 2.44. The molecule has 0 saturated heterocycles. The molecule has 5 aromatic carbocycles. The van der Waals surface area contributed by atoms with Crippen LogP contribution in [0.5, 0.6) is 11.6 Å². The summed E-state index contributed by atoms with van der Waals surface area (Å²) in [6.07, 6.45) is 31.3. The van der Waals surface area contributed by atoms with Crippen LogP contribution in [0.4, 0.5) is 17.2 Å². The lowest BCUT2D eigenvalue weighted by atomic mass is 10.0. The monoisotopic (exact) mass is 1170 g/mol. The normalized spacial score (nSPS) is 11.5. The van der Waals surface area contributed by atoms with E-state index < -0.39 is 18.0 Å². The van der Waals surface area contributed by atoms with E-state index in [9.17, 15) is 19.2 Å². The Morgan fingerprint density at radius 2 is 1.14 bits per heavy atom. The molecule has 11 nitrogen and oxygen atoms in total. The van der Waals surface area contributed by atoms with Crippen LogP contribution in [0, 0.1) is 13.8 Å². The number of benzene rings is 5. The van der Waals surface area contributed by atoms with Gasteiger partial charge in [-0.2, -0.15) is 4.68 Å². The van der Waals surface area contributed by atoms with Gasteiger partial charge in [0.05, 0.1) is 16.3 Å². The number of unbranched alkanes of at least 4 members (excludes halogenated alkanes) is 22. The van der Waals surface area contributed by atoms with Crippen molar-refractivity contribution in [3.05, 3.63) is 148 Å². The molecule has 0 bridgehead atoms. The van der Waals surface area contributed by atoms with Crippen LogP contribution >= 0.6 is 23.4 Å². The van der Waals surface area contributed by atoms with Gasteiger partial charge in [-0.15, -0.1) is 5.10 Å². The lowest BCUT2D eigenvalue weighted by Gasteiger charge is -2.18. The minimum absolute atomic E-state index is 0.0238. The summed E-state index contributed by atoms with van der Waals surface area (Å²) in [6, 6.07) is 34.5. The highest BCUT2D eigenvalue weighted by atomic mass is 35.5. The van der Waals surface area contributed by atoms with Gasteiger partial charge < -0.3 is 25.4 Å². The summed E-state index contributed by atoms with van der Waals surface area (Å²) in [5.41, 5.74) is 4.86. The third-order valence-corrected chi connectivity index (χ3v) is 16.3. The van der Waals surface area contributed by atoms with Gasteiger partial charge in [-0.25, -0.2) is 4.79 Å². The van der Waals surface area contributed by atoms with Crippen molar-refractivity contribution in [3.63, 3.8) is 0 Å². The van der Waals surface area contributed by atoms with E-state index in [0.717, 1.165) is 43.2 Å². The number of anilines is 3. The summed E-state index contributed by atoms with van der Waals surface area (Å²) < 4.78 is 14.1. The molecule has 3 amide bonds. The zero-order chi connectivity index (χ0) is 59.0. The molecule has 1 atom stereocenters. The molecule has 0 aliphatic heterocycles. The maximum absolute atomic E-state index is 14.5. The van der Waals surface area contributed by atoms with Crippen LogP contribution in [0.25, 0.3) is 5.69 Å². The number of ether oxygens (including phenoxy) is 2. The minimum atomic E-state index is -0.780. The van der Waals surface area contributed by atoms with Crippen LogP contribution in [0.3, 0.4) is 0 Å². The maximum Gasteiger partial charge on any atom is 0.344 e. The number of nitrogens with one attached hydrogen (secondary N) is 3. The predicted molar refractivity (Wildman–Crippen MR) is 343 cm³/mol. The summed E-state index contributed by atoms with van der Waals surface area (Å²) in [6.45, 7) is 10.2. The lowest BCUT2D eigenvalue weighted by molar-refractivity contribution is -0.122. The van der Waals surface area contributed by atoms with Crippen molar-refractivity contribution in [2.24, 2.45) is 0 Å². The Labute approximate surface area is 505 Å². The zero-order valence-corrected chi connectivity index (χ0v) is 51.8. The Bertz CT molecular complexity index is 2920. The van der Waals surface area contributed by atoms with Crippen molar-refractivity contribution in [2.45, 2.75) is 224 Å². The molecule has 446 valence electrons. The number of carbonyl (C=O) groups excluding carboxylic acids is 4. The molecule has 0 aliphatic carbocycles. The molecule has 13 heteroatoms. The minimum Gasteiger partial charge on any atom is -0.481 e. The van der Waals surface area contributed by atoms with E-state index in [0.29, 0.717) is 56.0 Å². The number of aryl methyl sites for hydroxylation is 3. The van der Waals surface area contributed by atoms with Gasteiger partial charge in [0.25, 0.3) is 11.8 Å². The van der Waals surface area contributed by atoms with E-state index in [1.807, 2.05) is 75.4 Å². The zero-order valence-electron chi connectivity index (χ0n) is 50.3. The Balaban J connectivity index is 1.13. The third kappa shape index (κ3) is 23.0. The number of hydrogen-bond donors (Lipinski definition) is 3. The van der Waals surface area contributed by atoms with Crippen LogP contribution in [0.1, 0.15) is 225 Å². The highest BCUT2D eigenvalue weighted by molar-refractivity contribution is 7.99. The van der Waals surface area contributed by atoms with Crippen LogP contribution < -0.4 is 25.4 Å². The van der Waals surface area contributed by atoms with Crippen molar-refractivity contribution in [3.8, 4) is 17.3 Å². The molecule has 1 heterocycles. The molecule has 3 N–H and O–H groups in total. The molecule has 6 aromatic rings. The molecular weight excluding hydrogens is 1070 g/mol. The summed E-state index contributed by atoms with van der Waals surface area (Å²) in [5, 5.41) is 14.3. The lowest BCUT2D eigenvalue weighted by Crippen LogP contribution is -2.32. The maximum atomic E-state index is 14.5. The van der Waals surface area contributed by atoms with Crippen molar-refractivity contribution in [2.75, 3.05) is 16.0 Å². The summed E-state index contributed by atoms with van der Waals surface area (Å²) in [5.74, 6) is -0.838. The molecule has 0 aliphatic rings. The number of hydrogen-bond acceptors (Lipinski definition) is 8. The summed E-state index contributed by atoms with van der Waals surface area (Å²) in [4.78, 5) is 56.6. The first-order valence-electron chi connectivity index (χ1n) is 31.2. The smallest absolute Gasteiger partial charge is 0.344 e. The van der Waals surface area contributed by atoms with Gasteiger partial charge in [-0.05, 0) is 123 Å². The second-order valence-corrected chi connectivity index (χ2v) is 23.7. The Morgan fingerprint density at radius 1 is 0.578 bits per heavy atom. The van der Waals surface area contributed by atoms with Gasteiger partial charge in [-0.1, -0.05) is 234 Å². The van der Waals surface area contributed by atoms with Gasteiger partial charge in [0.2, 0.25) is 11.8 Å². The molecule has 0 spiro atoms. The first-order chi connectivity index (χ1) is 40.5. The molecule has 83 heavy (non-hydrogen) atoms. The fraction of sp³-hybridized carbons (Fsp3) is 0.471. The van der Waals surface area contributed by atoms with E-state index in [1.165, 1.54) is 150 Å². The second-order valence-electron chi connectivity index (χ2n) is 22.2. The van der Waals surface area contributed by atoms with Crippen molar-refractivity contribution >= 4 is 64.2 Å². The predicted octanol–water partition coefficient (Wildman–Crippen LogP) is 19.8. The summed E-state index contributed by atoms with van der Waals surface area (Å²) in [7, 11) is 0. The van der Waals surface area contributed by atoms with E-state index in [-0.39, 0.29) is 29.1 Å². The fourth-order valence-electron chi connectivity index (χ4n) is 10.4. The highest BCUT2D eigenvalue weighted by Gasteiger charge is 2.29. The van der Waals surface area contributed by atoms with Gasteiger partial charge in [-0.3, -0.25) is 14.4 Å². The largest absolute Gasteiger partial charge is 0.481 e. The molecule has 1 unspecified atom stereocenters. The topological polar surface area (TPSA) is 141 Å². The number of rotatable bonds is 39. The van der Waals surface area contributed by atoms with Crippen LogP contribution in [0.15, 0.2) is 125 Å². The molecule has 0 fully saturated rings. The number of esters is 1. The fourth-order valence-corrected chi connectivity index (χ4v) is 11.8. The van der Waals surface area contributed by atoms with E-state index in [4.69, 9.17) is 26.2 Å². The van der Waals surface area contributed by atoms with Crippen LogP contribution in [-0.4, -0.2) is 39.6 Å². The molecule has 0 saturated carbocycles. The SMILES string of the molecule is CCCCCCCCCCCCCCCc1cccc(OC(CC)C(=O)Nc2cccc(C(=O)Nc3nn(-c4c(C)cc(C)cc4Cl)c(OC(=O)c4ccccc4)c3Sc3cccc(NC(=O)CCCCCCCCCCCCC)c3)c2)c1. The van der Waals surface area contributed by atoms with E-state index in [1.54, 1.807) is 54.6 Å². The number of aromatic nitrogens is 2. The Morgan fingerprint density at radius 3 is 1.76 bits per heavy atom. The van der Waals surface area contributed by atoms with Crippen molar-refractivity contribution < 1.29 is 28.7 Å². The van der Waals surface area contributed by atoms with E-state index >= 15 is 0 Å². The molecule has 1 aromatic heterocycles. The first-order valence-corrected chi connectivity index (χ1v) is 32.4. The van der Waals surface area contributed by atoms with Gasteiger partial charge >= 0.3 is 5.97 Å². The van der Waals surface area contributed by atoms with Gasteiger partial charge in [0.15, 0.2) is 11.9 Å².